The SMILES string of the molecule is COC(=O)c1ccc(COc2cc(C)cc(C)c2C)nc1. The van der Waals surface area contributed by atoms with Crippen molar-refractivity contribution in [2.45, 2.75) is 27.4 Å². The van der Waals surface area contributed by atoms with Gasteiger partial charge in [-0.2, -0.15) is 0 Å². The normalized spacial score (nSPS) is 10.3. The Bertz CT molecular complexity index is 648. The van der Waals surface area contributed by atoms with Crippen molar-refractivity contribution >= 4 is 5.97 Å². The van der Waals surface area contributed by atoms with Crippen molar-refractivity contribution in [3.8, 4) is 5.75 Å². The molecule has 2 rings (SSSR count). The van der Waals surface area contributed by atoms with E-state index in [1.807, 2.05) is 19.9 Å². The van der Waals surface area contributed by atoms with Crippen molar-refractivity contribution < 1.29 is 14.3 Å². The van der Waals surface area contributed by atoms with Gasteiger partial charge in [0.15, 0.2) is 0 Å². The molecule has 0 bridgehead atoms. The smallest absolute Gasteiger partial charge is 0.339 e. The summed E-state index contributed by atoms with van der Waals surface area (Å²) in [5.74, 6) is 0.478. The maximum Gasteiger partial charge on any atom is 0.339 e. The van der Waals surface area contributed by atoms with E-state index in [1.54, 1.807) is 12.1 Å². The molecule has 1 aromatic carbocycles. The first kappa shape index (κ1) is 15.0. The van der Waals surface area contributed by atoms with E-state index in [0.29, 0.717) is 12.2 Å². The standard InChI is InChI=1S/C17H19NO3/c1-11-7-12(2)13(3)16(8-11)21-10-15-6-5-14(9-18-15)17(19)20-4/h5-9H,10H2,1-4H3. The molecule has 0 saturated carbocycles. The summed E-state index contributed by atoms with van der Waals surface area (Å²) < 4.78 is 10.5. The minimum atomic E-state index is -0.389. The van der Waals surface area contributed by atoms with Gasteiger partial charge in [0.25, 0.3) is 0 Å². The van der Waals surface area contributed by atoms with Crippen molar-refractivity contribution in [2.75, 3.05) is 7.11 Å². The summed E-state index contributed by atoms with van der Waals surface area (Å²) in [6, 6.07) is 7.60. The van der Waals surface area contributed by atoms with Crippen molar-refractivity contribution in [1.29, 1.82) is 0 Å². The summed E-state index contributed by atoms with van der Waals surface area (Å²) in [4.78, 5) is 15.5. The van der Waals surface area contributed by atoms with Gasteiger partial charge in [-0.05, 0) is 55.7 Å². The van der Waals surface area contributed by atoms with Crippen molar-refractivity contribution in [3.05, 3.63) is 58.4 Å². The molecule has 0 atom stereocenters. The Morgan fingerprint density at radius 2 is 1.95 bits per heavy atom. The minimum absolute atomic E-state index is 0.366. The zero-order valence-electron chi connectivity index (χ0n) is 12.8. The largest absolute Gasteiger partial charge is 0.487 e. The molecule has 1 heterocycles. The lowest BCUT2D eigenvalue weighted by Crippen LogP contribution is -2.04. The van der Waals surface area contributed by atoms with Crippen LogP contribution in [0, 0.1) is 20.8 Å². The van der Waals surface area contributed by atoms with Gasteiger partial charge in [0.2, 0.25) is 0 Å². The lowest BCUT2D eigenvalue weighted by atomic mass is 10.1. The number of carbonyl (C=O) groups excluding carboxylic acids is 1. The number of hydrogen-bond donors (Lipinski definition) is 0. The molecule has 0 fully saturated rings. The molecule has 0 amide bonds. The molecule has 4 nitrogen and oxygen atoms in total. The summed E-state index contributed by atoms with van der Waals surface area (Å²) in [6.07, 6.45) is 1.50. The number of aromatic nitrogens is 1. The van der Waals surface area contributed by atoms with Crippen LogP contribution in [0.5, 0.6) is 5.75 Å². The topological polar surface area (TPSA) is 48.4 Å². The maximum absolute atomic E-state index is 11.3. The molecule has 0 N–H and O–H groups in total. The Balaban J connectivity index is 2.08. The van der Waals surface area contributed by atoms with Gasteiger partial charge in [-0.25, -0.2) is 4.79 Å². The van der Waals surface area contributed by atoms with Gasteiger partial charge >= 0.3 is 5.97 Å². The van der Waals surface area contributed by atoms with Crippen molar-refractivity contribution in [3.63, 3.8) is 0 Å². The lowest BCUT2D eigenvalue weighted by molar-refractivity contribution is 0.0600. The van der Waals surface area contributed by atoms with Gasteiger partial charge in [0.1, 0.15) is 12.4 Å². The maximum atomic E-state index is 11.3. The van der Waals surface area contributed by atoms with Gasteiger partial charge in [0, 0.05) is 6.20 Å². The molecule has 21 heavy (non-hydrogen) atoms. The summed E-state index contributed by atoms with van der Waals surface area (Å²) in [5.41, 5.74) is 4.71. The van der Waals surface area contributed by atoms with E-state index >= 15 is 0 Å². The van der Waals surface area contributed by atoms with Gasteiger partial charge < -0.3 is 9.47 Å². The fourth-order valence-electron chi connectivity index (χ4n) is 2.05. The highest BCUT2D eigenvalue weighted by atomic mass is 16.5. The van der Waals surface area contributed by atoms with Crippen LogP contribution >= 0.6 is 0 Å². The molecule has 0 saturated heterocycles. The van der Waals surface area contributed by atoms with Crippen molar-refractivity contribution in [2.24, 2.45) is 0 Å². The van der Waals surface area contributed by atoms with Gasteiger partial charge in [-0.3, -0.25) is 4.98 Å². The van der Waals surface area contributed by atoms with E-state index in [-0.39, 0.29) is 5.97 Å². The summed E-state index contributed by atoms with van der Waals surface area (Å²) in [5, 5.41) is 0. The number of hydrogen-bond acceptors (Lipinski definition) is 4. The predicted molar refractivity (Wildman–Crippen MR) is 80.6 cm³/mol. The van der Waals surface area contributed by atoms with Crippen LogP contribution < -0.4 is 4.74 Å². The Morgan fingerprint density at radius 3 is 2.57 bits per heavy atom. The number of nitrogens with zero attached hydrogens (tertiary/aromatic N) is 1. The quantitative estimate of drug-likeness (QED) is 0.808. The van der Waals surface area contributed by atoms with E-state index in [9.17, 15) is 4.79 Å². The van der Waals surface area contributed by atoms with Crippen molar-refractivity contribution in [1.82, 2.24) is 4.98 Å². The second kappa shape index (κ2) is 6.39. The van der Waals surface area contributed by atoms with E-state index in [4.69, 9.17) is 4.74 Å². The lowest BCUT2D eigenvalue weighted by Gasteiger charge is -2.12. The van der Waals surface area contributed by atoms with Crippen LogP contribution in [0.25, 0.3) is 0 Å². The minimum Gasteiger partial charge on any atom is -0.487 e. The molecule has 0 spiro atoms. The van der Waals surface area contributed by atoms with Crippen LogP contribution in [-0.4, -0.2) is 18.1 Å². The highest BCUT2D eigenvalue weighted by Gasteiger charge is 2.07. The van der Waals surface area contributed by atoms with Crippen LogP contribution in [-0.2, 0) is 11.3 Å². The third kappa shape index (κ3) is 3.60. The number of carbonyl (C=O) groups is 1. The monoisotopic (exact) mass is 285 g/mol. The summed E-state index contributed by atoms with van der Waals surface area (Å²) in [7, 11) is 1.35. The first-order valence-electron chi connectivity index (χ1n) is 6.75. The highest BCUT2D eigenvalue weighted by molar-refractivity contribution is 5.88. The molecule has 0 aliphatic rings. The first-order chi connectivity index (χ1) is 10.0. The number of benzene rings is 1. The van der Waals surface area contributed by atoms with E-state index in [2.05, 4.69) is 22.7 Å². The fourth-order valence-corrected chi connectivity index (χ4v) is 2.05. The fraction of sp³-hybridized carbons (Fsp3) is 0.294. The number of methoxy groups -OCH3 is 1. The second-order valence-electron chi connectivity index (χ2n) is 5.02. The molecule has 4 heteroatoms. The second-order valence-corrected chi connectivity index (χ2v) is 5.02. The average Bonchev–Trinajstić information content (AvgIpc) is 2.49. The Labute approximate surface area is 124 Å². The molecular formula is C17H19NO3. The first-order valence-corrected chi connectivity index (χ1v) is 6.75. The number of ether oxygens (including phenoxy) is 2. The van der Waals surface area contributed by atoms with Crippen LogP contribution in [0.15, 0.2) is 30.5 Å². The van der Waals surface area contributed by atoms with E-state index in [0.717, 1.165) is 17.0 Å². The summed E-state index contributed by atoms with van der Waals surface area (Å²) >= 11 is 0. The Hall–Kier alpha value is -2.36. The number of esters is 1. The van der Waals surface area contributed by atoms with E-state index in [1.165, 1.54) is 24.4 Å². The zero-order chi connectivity index (χ0) is 15.4. The van der Waals surface area contributed by atoms with Crippen LogP contribution in [0.2, 0.25) is 0 Å². The summed E-state index contributed by atoms with van der Waals surface area (Å²) in [6.45, 7) is 6.52. The average molecular weight is 285 g/mol. The number of pyridine rings is 1. The van der Waals surface area contributed by atoms with Crippen LogP contribution in [0.3, 0.4) is 0 Å². The molecule has 0 aliphatic heterocycles. The third-order valence-electron chi connectivity index (χ3n) is 3.39. The zero-order valence-corrected chi connectivity index (χ0v) is 12.8. The molecule has 0 radical (unpaired) electrons. The Morgan fingerprint density at radius 1 is 1.19 bits per heavy atom. The molecule has 1 aromatic heterocycles. The van der Waals surface area contributed by atoms with E-state index < -0.39 is 0 Å². The number of aryl methyl sites for hydroxylation is 2. The molecule has 2 aromatic rings. The van der Waals surface area contributed by atoms with Gasteiger partial charge in [-0.1, -0.05) is 6.07 Å². The molecular weight excluding hydrogens is 266 g/mol. The predicted octanol–water partition coefficient (Wildman–Crippen LogP) is 3.37. The molecule has 0 unspecified atom stereocenters. The number of rotatable bonds is 4. The molecule has 110 valence electrons. The van der Waals surface area contributed by atoms with Crippen LogP contribution in [0.4, 0.5) is 0 Å². The highest BCUT2D eigenvalue weighted by Crippen LogP contribution is 2.24. The van der Waals surface area contributed by atoms with Gasteiger partial charge in [0.05, 0.1) is 18.4 Å². The molecule has 0 aliphatic carbocycles. The van der Waals surface area contributed by atoms with Gasteiger partial charge in [-0.15, -0.1) is 0 Å². The van der Waals surface area contributed by atoms with Crippen LogP contribution in [0.1, 0.15) is 32.7 Å². The Kier molecular flexibility index (Phi) is 4.58. The third-order valence-corrected chi connectivity index (χ3v) is 3.39.